The first-order valence-electron chi connectivity index (χ1n) is 6.31. The van der Waals surface area contributed by atoms with E-state index in [4.69, 9.17) is 0 Å². The molecule has 6 heteroatoms. The van der Waals surface area contributed by atoms with Gasteiger partial charge in [0, 0.05) is 19.8 Å². The lowest BCUT2D eigenvalue weighted by Gasteiger charge is -2.10. The molecular formula is C13H18BrN5. The van der Waals surface area contributed by atoms with Gasteiger partial charge in [-0.25, -0.2) is 9.97 Å². The van der Waals surface area contributed by atoms with Gasteiger partial charge < -0.3 is 5.32 Å². The largest absolute Gasteiger partial charge is 0.369 e. The molecule has 2 aromatic rings. The summed E-state index contributed by atoms with van der Waals surface area (Å²) in [5.74, 6) is 1.55. The number of aryl methyl sites for hydroxylation is 3. The number of halogens is 1. The van der Waals surface area contributed by atoms with Crippen LogP contribution in [-0.2, 0) is 7.05 Å². The summed E-state index contributed by atoms with van der Waals surface area (Å²) in [7, 11) is 1.90. The quantitative estimate of drug-likeness (QED) is 0.939. The van der Waals surface area contributed by atoms with E-state index in [0.717, 1.165) is 40.2 Å². The monoisotopic (exact) mass is 323 g/mol. The lowest BCUT2D eigenvalue weighted by molar-refractivity contribution is 0.756. The van der Waals surface area contributed by atoms with Gasteiger partial charge in [-0.15, -0.1) is 0 Å². The van der Waals surface area contributed by atoms with Crippen molar-refractivity contribution in [2.24, 2.45) is 7.05 Å². The Labute approximate surface area is 121 Å². The van der Waals surface area contributed by atoms with Crippen LogP contribution in [0.2, 0.25) is 0 Å². The summed E-state index contributed by atoms with van der Waals surface area (Å²) < 4.78 is 2.70. The van der Waals surface area contributed by atoms with E-state index in [1.165, 1.54) is 0 Å². The van der Waals surface area contributed by atoms with Crippen molar-refractivity contribution in [2.75, 3.05) is 11.9 Å². The molecule has 0 fully saturated rings. The van der Waals surface area contributed by atoms with Crippen molar-refractivity contribution in [3.05, 3.63) is 22.1 Å². The Kier molecular flexibility index (Phi) is 4.19. The summed E-state index contributed by atoms with van der Waals surface area (Å²) in [5, 5.41) is 7.65. The Morgan fingerprint density at radius 1 is 1.26 bits per heavy atom. The van der Waals surface area contributed by atoms with Crippen molar-refractivity contribution in [1.82, 2.24) is 19.7 Å². The molecule has 0 aromatic carbocycles. The van der Waals surface area contributed by atoms with Crippen LogP contribution in [0.3, 0.4) is 0 Å². The Balaban J connectivity index is 2.47. The molecule has 0 aliphatic carbocycles. The summed E-state index contributed by atoms with van der Waals surface area (Å²) in [5.41, 5.74) is 2.83. The van der Waals surface area contributed by atoms with Crippen LogP contribution in [0, 0.1) is 13.8 Å². The maximum atomic E-state index is 4.59. The molecule has 2 rings (SSSR count). The molecule has 102 valence electrons. The lowest BCUT2D eigenvalue weighted by atomic mass is 10.2. The van der Waals surface area contributed by atoms with Crippen molar-refractivity contribution in [2.45, 2.75) is 27.2 Å². The third-order valence-electron chi connectivity index (χ3n) is 2.81. The van der Waals surface area contributed by atoms with Crippen LogP contribution < -0.4 is 5.32 Å². The van der Waals surface area contributed by atoms with Gasteiger partial charge in [0.2, 0.25) is 0 Å². The number of nitrogens with one attached hydrogen (secondary N) is 1. The number of rotatable bonds is 4. The van der Waals surface area contributed by atoms with Gasteiger partial charge in [-0.3, -0.25) is 4.68 Å². The minimum absolute atomic E-state index is 0.713. The van der Waals surface area contributed by atoms with Crippen LogP contribution in [0.15, 0.2) is 10.7 Å². The molecule has 0 saturated carbocycles. The minimum Gasteiger partial charge on any atom is -0.369 e. The van der Waals surface area contributed by atoms with Gasteiger partial charge >= 0.3 is 0 Å². The van der Waals surface area contributed by atoms with E-state index < -0.39 is 0 Å². The smallest absolute Gasteiger partial charge is 0.165 e. The molecule has 0 aliphatic rings. The maximum absolute atomic E-state index is 4.59. The zero-order valence-corrected chi connectivity index (χ0v) is 13.2. The third-order valence-corrected chi connectivity index (χ3v) is 3.76. The number of anilines is 1. The Morgan fingerprint density at radius 2 is 2.00 bits per heavy atom. The van der Waals surface area contributed by atoms with Crippen molar-refractivity contribution in [3.8, 4) is 11.4 Å². The summed E-state index contributed by atoms with van der Waals surface area (Å²) in [6, 6.07) is 0. The molecule has 0 bridgehead atoms. The molecule has 1 N–H and O–H groups in total. The summed E-state index contributed by atoms with van der Waals surface area (Å²) >= 11 is 3.53. The fourth-order valence-corrected chi connectivity index (χ4v) is 2.18. The molecule has 2 aromatic heterocycles. The van der Waals surface area contributed by atoms with Gasteiger partial charge in [0.1, 0.15) is 5.82 Å². The molecule has 0 spiro atoms. The molecule has 19 heavy (non-hydrogen) atoms. The second-order valence-electron chi connectivity index (χ2n) is 4.52. The van der Waals surface area contributed by atoms with E-state index in [0.29, 0.717) is 5.82 Å². The van der Waals surface area contributed by atoms with Crippen LogP contribution in [0.5, 0.6) is 0 Å². The molecule has 5 nitrogen and oxygen atoms in total. The predicted molar refractivity (Wildman–Crippen MR) is 80.2 cm³/mol. The van der Waals surface area contributed by atoms with Gasteiger partial charge in [-0.2, -0.15) is 5.10 Å². The van der Waals surface area contributed by atoms with Crippen molar-refractivity contribution >= 4 is 21.7 Å². The first kappa shape index (κ1) is 14.0. The van der Waals surface area contributed by atoms with E-state index in [1.807, 2.05) is 27.1 Å². The van der Waals surface area contributed by atoms with Gasteiger partial charge in [-0.1, -0.05) is 6.92 Å². The molecule has 2 heterocycles. The summed E-state index contributed by atoms with van der Waals surface area (Å²) in [6.45, 7) is 6.95. The number of hydrogen-bond acceptors (Lipinski definition) is 4. The standard InChI is InChI=1S/C13H18BrN5/c1-5-6-15-13-11(14)9(3)16-12(17-13)10-7-19(4)18-8(10)2/h7H,5-6H2,1-4H3,(H,15,16,17). The topological polar surface area (TPSA) is 55.6 Å². The van der Waals surface area contributed by atoms with E-state index in [2.05, 4.69) is 43.2 Å². The fourth-order valence-electron chi connectivity index (χ4n) is 1.86. The van der Waals surface area contributed by atoms with Gasteiger partial charge in [-0.05, 0) is 36.2 Å². The second-order valence-corrected chi connectivity index (χ2v) is 5.32. The average molecular weight is 324 g/mol. The predicted octanol–water partition coefficient (Wildman–Crippen LogP) is 3.08. The molecule has 0 unspecified atom stereocenters. The van der Waals surface area contributed by atoms with Crippen LogP contribution in [-0.4, -0.2) is 26.3 Å². The van der Waals surface area contributed by atoms with Crippen molar-refractivity contribution in [1.29, 1.82) is 0 Å². The Bertz CT molecular complexity index is 591. The summed E-state index contributed by atoms with van der Waals surface area (Å²) in [6.07, 6.45) is 3.00. The highest BCUT2D eigenvalue weighted by Crippen LogP contribution is 2.27. The average Bonchev–Trinajstić information content (AvgIpc) is 2.70. The first-order valence-corrected chi connectivity index (χ1v) is 7.10. The highest BCUT2D eigenvalue weighted by atomic mass is 79.9. The zero-order chi connectivity index (χ0) is 14.0. The van der Waals surface area contributed by atoms with E-state index in [-0.39, 0.29) is 0 Å². The molecular weight excluding hydrogens is 306 g/mol. The Morgan fingerprint density at radius 3 is 2.58 bits per heavy atom. The molecule has 0 radical (unpaired) electrons. The van der Waals surface area contributed by atoms with Crippen LogP contribution in [0.1, 0.15) is 24.7 Å². The molecule has 0 amide bonds. The maximum Gasteiger partial charge on any atom is 0.165 e. The number of hydrogen-bond donors (Lipinski definition) is 1. The van der Waals surface area contributed by atoms with E-state index in [9.17, 15) is 0 Å². The fraction of sp³-hybridized carbons (Fsp3) is 0.462. The van der Waals surface area contributed by atoms with Gasteiger partial charge in [0.05, 0.1) is 21.4 Å². The zero-order valence-electron chi connectivity index (χ0n) is 11.7. The van der Waals surface area contributed by atoms with E-state index >= 15 is 0 Å². The second kappa shape index (κ2) is 5.69. The SMILES string of the molecule is CCCNc1nc(-c2cn(C)nc2C)nc(C)c1Br. The van der Waals surface area contributed by atoms with E-state index in [1.54, 1.807) is 4.68 Å². The van der Waals surface area contributed by atoms with Crippen molar-refractivity contribution in [3.63, 3.8) is 0 Å². The molecule has 0 saturated heterocycles. The van der Waals surface area contributed by atoms with Crippen LogP contribution in [0.25, 0.3) is 11.4 Å². The highest BCUT2D eigenvalue weighted by molar-refractivity contribution is 9.10. The number of nitrogens with zero attached hydrogens (tertiary/aromatic N) is 4. The van der Waals surface area contributed by atoms with Crippen molar-refractivity contribution < 1.29 is 0 Å². The first-order chi connectivity index (χ1) is 9.02. The number of aromatic nitrogens is 4. The minimum atomic E-state index is 0.713. The highest BCUT2D eigenvalue weighted by Gasteiger charge is 2.14. The van der Waals surface area contributed by atoms with Crippen LogP contribution in [0.4, 0.5) is 5.82 Å². The normalized spacial score (nSPS) is 10.8. The van der Waals surface area contributed by atoms with Gasteiger partial charge in [0.25, 0.3) is 0 Å². The van der Waals surface area contributed by atoms with Gasteiger partial charge in [0.15, 0.2) is 5.82 Å². The Hall–Kier alpha value is -1.43. The molecule has 0 atom stereocenters. The van der Waals surface area contributed by atoms with Crippen LogP contribution >= 0.6 is 15.9 Å². The summed E-state index contributed by atoms with van der Waals surface area (Å²) in [4.78, 5) is 9.13. The lowest BCUT2D eigenvalue weighted by Crippen LogP contribution is -2.06. The molecule has 0 aliphatic heterocycles. The third kappa shape index (κ3) is 2.94.